The molecule has 0 aliphatic carbocycles. The lowest BCUT2D eigenvalue weighted by Gasteiger charge is -2.08. The highest BCUT2D eigenvalue weighted by molar-refractivity contribution is 6.34. The molecule has 1 amide bonds. The average Bonchev–Trinajstić information content (AvgIpc) is 2.91. The van der Waals surface area contributed by atoms with Gasteiger partial charge in [-0.15, -0.1) is 0 Å². The van der Waals surface area contributed by atoms with Gasteiger partial charge in [-0.05, 0) is 30.3 Å². The van der Waals surface area contributed by atoms with Gasteiger partial charge in [0.25, 0.3) is 5.91 Å². The Morgan fingerprint density at radius 2 is 2.05 bits per heavy atom. The van der Waals surface area contributed by atoms with Crippen LogP contribution in [0.4, 0.5) is 10.1 Å². The van der Waals surface area contributed by atoms with Crippen LogP contribution in [0.15, 0.2) is 48.7 Å². The van der Waals surface area contributed by atoms with Crippen LogP contribution in [0.5, 0.6) is 0 Å². The van der Waals surface area contributed by atoms with Crippen molar-refractivity contribution in [3.05, 3.63) is 65.1 Å². The third-order valence-corrected chi connectivity index (χ3v) is 3.34. The number of fused-ring (bicyclic) bond motifs is 1. The summed E-state index contributed by atoms with van der Waals surface area (Å²) in [6, 6.07) is 11.1. The van der Waals surface area contributed by atoms with Crippen LogP contribution in [0.1, 0.15) is 10.4 Å². The Balaban J connectivity index is 1.97. The number of para-hydroxylation sites is 1. The van der Waals surface area contributed by atoms with Crippen LogP contribution in [0, 0.1) is 5.82 Å². The first-order chi connectivity index (χ1) is 9.65. The van der Waals surface area contributed by atoms with E-state index in [1.165, 1.54) is 18.2 Å². The van der Waals surface area contributed by atoms with E-state index < -0.39 is 5.82 Å². The van der Waals surface area contributed by atoms with Gasteiger partial charge in [0.15, 0.2) is 0 Å². The van der Waals surface area contributed by atoms with Crippen LogP contribution in [-0.2, 0) is 0 Å². The first-order valence-electron chi connectivity index (χ1n) is 5.97. The molecule has 3 aromatic rings. The maximum atomic E-state index is 13.2. The zero-order valence-electron chi connectivity index (χ0n) is 10.3. The topological polar surface area (TPSA) is 44.9 Å². The largest absolute Gasteiger partial charge is 0.361 e. The third-order valence-electron chi connectivity index (χ3n) is 3.01. The molecule has 0 spiro atoms. The Labute approximate surface area is 119 Å². The van der Waals surface area contributed by atoms with Crippen LogP contribution < -0.4 is 5.32 Å². The monoisotopic (exact) mass is 288 g/mol. The first kappa shape index (κ1) is 12.7. The molecule has 0 saturated carbocycles. The van der Waals surface area contributed by atoms with E-state index in [1.54, 1.807) is 18.3 Å². The van der Waals surface area contributed by atoms with E-state index in [0.717, 1.165) is 10.9 Å². The highest BCUT2D eigenvalue weighted by Gasteiger charge is 2.12. The molecule has 0 aliphatic rings. The molecule has 5 heteroatoms. The molecule has 2 N–H and O–H groups in total. The van der Waals surface area contributed by atoms with E-state index in [-0.39, 0.29) is 11.6 Å². The Hall–Kier alpha value is -2.33. The molecular weight excluding hydrogens is 279 g/mol. The SMILES string of the molecule is O=C(Nc1cc(F)ccc1Cl)c1cccc2cc[nH]c12. The number of H-pyrrole nitrogens is 1. The lowest BCUT2D eigenvalue weighted by atomic mass is 10.1. The van der Waals surface area contributed by atoms with Gasteiger partial charge in [-0.1, -0.05) is 23.7 Å². The number of benzene rings is 2. The number of halogens is 2. The number of amides is 1. The van der Waals surface area contributed by atoms with E-state index in [4.69, 9.17) is 11.6 Å². The fourth-order valence-corrected chi connectivity index (χ4v) is 2.22. The molecule has 0 radical (unpaired) electrons. The summed E-state index contributed by atoms with van der Waals surface area (Å²) in [5.41, 5.74) is 1.46. The molecule has 2 aromatic carbocycles. The lowest BCUT2D eigenvalue weighted by Crippen LogP contribution is -2.12. The van der Waals surface area contributed by atoms with E-state index in [1.807, 2.05) is 12.1 Å². The van der Waals surface area contributed by atoms with Gasteiger partial charge >= 0.3 is 0 Å². The second-order valence-electron chi connectivity index (χ2n) is 4.33. The zero-order chi connectivity index (χ0) is 14.1. The summed E-state index contributed by atoms with van der Waals surface area (Å²) in [5, 5.41) is 3.84. The van der Waals surface area contributed by atoms with Crippen molar-refractivity contribution in [3.63, 3.8) is 0 Å². The molecule has 0 aliphatic heterocycles. The Bertz CT molecular complexity index is 797. The lowest BCUT2D eigenvalue weighted by molar-refractivity contribution is 0.102. The van der Waals surface area contributed by atoms with Gasteiger partial charge in [0, 0.05) is 11.6 Å². The molecule has 3 rings (SSSR count). The molecule has 0 unspecified atom stereocenters. The van der Waals surface area contributed by atoms with Crippen molar-refractivity contribution < 1.29 is 9.18 Å². The van der Waals surface area contributed by atoms with Crippen molar-refractivity contribution in [3.8, 4) is 0 Å². The van der Waals surface area contributed by atoms with Crippen molar-refractivity contribution in [2.75, 3.05) is 5.32 Å². The highest BCUT2D eigenvalue weighted by Crippen LogP contribution is 2.24. The maximum Gasteiger partial charge on any atom is 0.257 e. The van der Waals surface area contributed by atoms with Gasteiger partial charge in [0.2, 0.25) is 0 Å². The van der Waals surface area contributed by atoms with Crippen molar-refractivity contribution in [2.24, 2.45) is 0 Å². The van der Waals surface area contributed by atoms with Crippen molar-refractivity contribution >= 4 is 34.1 Å². The minimum Gasteiger partial charge on any atom is -0.361 e. The molecule has 3 nitrogen and oxygen atoms in total. The van der Waals surface area contributed by atoms with Crippen LogP contribution >= 0.6 is 11.6 Å². The molecule has 0 fully saturated rings. The Morgan fingerprint density at radius 1 is 1.20 bits per heavy atom. The number of anilines is 1. The van der Waals surface area contributed by atoms with E-state index in [2.05, 4.69) is 10.3 Å². The van der Waals surface area contributed by atoms with E-state index >= 15 is 0 Å². The zero-order valence-corrected chi connectivity index (χ0v) is 11.0. The van der Waals surface area contributed by atoms with Gasteiger partial charge in [-0.2, -0.15) is 0 Å². The molecule has 0 atom stereocenters. The number of carbonyl (C=O) groups excluding carboxylic acids is 1. The van der Waals surface area contributed by atoms with E-state index in [9.17, 15) is 9.18 Å². The van der Waals surface area contributed by atoms with Crippen LogP contribution in [0.2, 0.25) is 5.02 Å². The summed E-state index contributed by atoms with van der Waals surface area (Å²) in [5.74, 6) is -0.798. The molecule has 0 saturated heterocycles. The Kier molecular flexibility index (Phi) is 3.16. The number of hydrogen-bond donors (Lipinski definition) is 2. The summed E-state index contributed by atoms with van der Waals surface area (Å²) in [6.45, 7) is 0. The molecule has 100 valence electrons. The number of hydrogen-bond acceptors (Lipinski definition) is 1. The summed E-state index contributed by atoms with van der Waals surface area (Å²) in [6.07, 6.45) is 1.76. The van der Waals surface area contributed by atoms with Gasteiger partial charge in [-0.25, -0.2) is 4.39 Å². The standard InChI is InChI=1S/C15H10ClFN2O/c16-12-5-4-10(17)8-13(12)19-15(20)11-3-1-2-9-6-7-18-14(9)11/h1-8,18H,(H,19,20). The average molecular weight is 289 g/mol. The fourth-order valence-electron chi connectivity index (χ4n) is 2.06. The minimum atomic E-state index is -0.456. The maximum absolute atomic E-state index is 13.2. The van der Waals surface area contributed by atoms with Crippen LogP contribution in [-0.4, -0.2) is 10.9 Å². The second kappa shape index (κ2) is 4.98. The van der Waals surface area contributed by atoms with E-state index in [0.29, 0.717) is 10.6 Å². The van der Waals surface area contributed by atoms with Gasteiger partial charge < -0.3 is 10.3 Å². The van der Waals surface area contributed by atoms with Crippen molar-refractivity contribution in [1.82, 2.24) is 4.98 Å². The summed E-state index contributed by atoms with van der Waals surface area (Å²) in [7, 11) is 0. The highest BCUT2D eigenvalue weighted by atomic mass is 35.5. The molecule has 1 aromatic heterocycles. The predicted molar refractivity (Wildman–Crippen MR) is 77.7 cm³/mol. The first-order valence-corrected chi connectivity index (χ1v) is 6.35. The predicted octanol–water partition coefficient (Wildman–Crippen LogP) is 4.21. The second-order valence-corrected chi connectivity index (χ2v) is 4.73. The summed E-state index contributed by atoms with van der Waals surface area (Å²) >= 11 is 5.94. The minimum absolute atomic E-state index is 0.250. The fraction of sp³-hybridized carbons (Fsp3) is 0. The van der Waals surface area contributed by atoms with Crippen molar-refractivity contribution in [2.45, 2.75) is 0 Å². The number of nitrogens with one attached hydrogen (secondary N) is 2. The Morgan fingerprint density at radius 3 is 2.90 bits per heavy atom. The molecular formula is C15H10ClFN2O. The van der Waals surface area contributed by atoms with Crippen LogP contribution in [0.25, 0.3) is 10.9 Å². The molecule has 20 heavy (non-hydrogen) atoms. The normalized spacial score (nSPS) is 10.7. The number of aromatic amines is 1. The molecule has 1 heterocycles. The van der Waals surface area contributed by atoms with Gasteiger partial charge in [0.1, 0.15) is 5.82 Å². The summed E-state index contributed by atoms with van der Waals surface area (Å²) < 4.78 is 13.2. The van der Waals surface area contributed by atoms with Crippen LogP contribution in [0.3, 0.4) is 0 Å². The van der Waals surface area contributed by atoms with Gasteiger partial charge in [0.05, 0.1) is 21.8 Å². The number of carbonyl (C=O) groups is 1. The number of aromatic nitrogens is 1. The third kappa shape index (κ3) is 2.26. The summed E-state index contributed by atoms with van der Waals surface area (Å²) in [4.78, 5) is 15.3. The van der Waals surface area contributed by atoms with Crippen molar-refractivity contribution in [1.29, 1.82) is 0 Å². The molecule has 0 bridgehead atoms. The quantitative estimate of drug-likeness (QED) is 0.729. The smallest absolute Gasteiger partial charge is 0.257 e. The number of rotatable bonds is 2. The van der Waals surface area contributed by atoms with Gasteiger partial charge in [-0.3, -0.25) is 4.79 Å².